The third kappa shape index (κ3) is 4.46. The predicted molar refractivity (Wildman–Crippen MR) is 124 cm³/mol. The lowest BCUT2D eigenvalue weighted by Crippen LogP contribution is -2.42. The molecule has 1 heterocycles. The van der Waals surface area contributed by atoms with Gasteiger partial charge in [0.05, 0.1) is 11.7 Å². The SMILES string of the molecule is N#CC(C=CCN1CCC(O)(c2ccccc2)CC1)(c1ccccc1)c1ccccc1. The van der Waals surface area contributed by atoms with Gasteiger partial charge in [-0.1, -0.05) is 103 Å². The minimum absolute atomic E-state index is 0.714. The molecule has 31 heavy (non-hydrogen) atoms. The van der Waals surface area contributed by atoms with Crippen LogP contribution in [0.2, 0.25) is 0 Å². The fourth-order valence-electron chi connectivity index (χ4n) is 4.45. The Hall–Kier alpha value is -3.19. The summed E-state index contributed by atoms with van der Waals surface area (Å²) in [5, 5.41) is 21.3. The van der Waals surface area contributed by atoms with Crippen LogP contribution in [0, 0.1) is 11.3 Å². The van der Waals surface area contributed by atoms with Crippen LogP contribution in [0.4, 0.5) is 0 Å². The van der Waals surface area contributed by atoms with Crippen molar-refractivity contribution in [2.75, 3.05) is 19.6 Å². The lowest BCUT2D eigenvalue weighted by molar-refractivity contribution is -0.0234. The maximum absolute atomic E-state index is 11.1. The van der Waals surface area contributed by atoms with Crippen LogP contribution < -0.4 is 0 Å². The Labute approximate surface area is 184 Å². The highest BCUT2D eigenvalue weighted by Gasteiger charge is 2.34. The quantitative estimate of drug-likeness (QED) is 0.582. The van der Waals surface area contributed by atoms with Gasteiger partial charge in [-0.3, -0.25) is 4.90 Å². The minimum atomic E-state index is -0.816. The van der Waals surface area contributed by atoms with Gasteiger partial charge >= 0.3 is 0 Å². The zero-order chi connectivity index (χ0) is 21.6. The van der Waals surface area contributed by atoms with Crippen molar-refractivity contribution < 1.29 is 5.11 Å². The molecule has 0 amide bonds. The normalized spacial score (nSPS) is 16.8. The largest absolute Gasteiger partial charge is 0.385 e. The summed E-state index contributed by atoms with van der Waals surface area (Å²) in [6, 6.07) is 32.5. The summed E-state index contributed by atoms with van der Waals surface area (Å²) in [5.41, 5.74) is 1.38. The van der Waals surface area contributed by atoms with Gasteiger partial charge in [0.25, 0.3) is 0 Å². The maximum Gasteiger partial charge on any atom is 0.125 e. The van der Waals surface area contributed by atoms with E-state index >= 15 is 0 Å². The fourth-order valence-corrected chi connectivity index (χ4v) is 4.45. The van der Waals surface area contributed by atoms with E-state index in [-0.39, 0.29) is 0 Å². The summed E-state index contributed by atoms with van der Waals surface area (Å²) in [4.78, 5) is 2.34. The number of nitriles is 1. The van der Waals surface area contributed by atoms with Crippen LogP contribution in [0.5, 0.6) is 0 Å². The zero-order valence-electron chi connectivity index (χ0n) is 17.7. The molecular weight excluding hydrogens is 380 g/mol. The van der Waals surface area contributed by atoms with Crippen molar-refractivity contribution in [1.82, 2.24) is 4.90 Å². The Balaban J connectivity index is 1.49. The number of hydrogen-bond donors (Lipinski definition) is 1. The average Bonchev–Trinajstić information content (AvgIpc) is 2.85. The van der Waals surface area contributed by atoms with Crippen LogP contribution in [-0.4, -0.2) is 29.6 Å². The van der Waals surface area contributed by atoms with E-state index in [9.17, 15) is 10.4 Å². The molecule has 3 nitrogen and oxygen atoms in total. The van der Waals surface area contributed by atoms with Crippen molar-refractivity contribution in [2.24, 2.45) is 0 Å². The van der Waals surface area contributed by atoms with Gasteiger partial charge in [-0.15, -0.1) is 0 Å². The molecule has 0 bridgehead atoms. The van der Waals surface area contributed by atoms with Gasteiger partial charge in [0.15, 0.2) is 0 Å². The smallest absolute Gasteiger partial charge is 0.125 e. The number of aliphatic hydroxyl groups is 1. The molecule has 1 saturated heterocycles. The number of hydrogen-bond acceptors (Lipinski definition) is 3. The molecule has 1 aliphatic rings. The van der Waals surface area contributed by atoms with E-state index in [1.54, 1.807) is 0 Å². The van der Waals surface area contributed by atoms with Crippen LogP contribution in [0.3, 0.4) is 0 Å². The Bertz CT molecular complexity index is 991. The van der Waals surface area contributed by atoms with Crippen LogP contribution in [-0.2, 0) is 11.0 Å². The Morgan fingerprint density at radius 2 is 1.32 bits per heavy atom. The second-order valence-corrected chi connectivity index (χ2v) is 8.25. The molecule has 3 aromatic carbocycles. The average molecular weight is 409 g/mol. The van der Waals surface area contributed by atoms with Crippen molar-refractivity contribution in [3.8, 4) is 6.07 Å². The number of benzene rings is 3. The molecule has 0 unspecified atom stereocenters. The van der Waals surface area contributed by atoms with Crippen molar-refractivity contribution in [3.63, 3.8) is 0 Å². The molecule has 156 valence electrons. The van der Waals surface area contributed by atoms with Crippen molar-refractivity contribution in [2.45, 2.75) is 23.9 Å². The van der Waals surface area contributed by atoms with E-state index < -0.39 is 11.0 Å². The lowest BCUT2D eigenvalue weighted by Gasteiger charge is -2.38. The van der Waals surface area contributed by atoms with Crippen molar-refractivity contribution in [3.05, 3.63) is 120 Å². The van der Waals surface area contributed by atoms with Gasteiger partial charge in [-0.05, 0) is 29.5 Å². The number of piperidine rings is 1. The van der Waals surface area contributed by atoms with E-state index in [0.717, 1.165) is 36.3 Å². The van der Waals surface area contributed by atoms with E-state index in [1.807, 2.05) is 97.1 Å². The first kappa shape index (κ1) is 21.1. The molecule has 3 heteroatoms. The molecule has 1 N–H and O–H groups in total. The topological polar surface area (TPSA) is 47.3 Å². The summed E-state index contributed by atoms with van der Waals surface area (Å²) >= 11 is 0. The highest BCUT2D eigenvalue weighted by atomic mass is 16.3. The van der Waals surface area contributed by atoms with Crippen LogP contribution >= 0.6 is 0 Å². The number of rotatable bonds is 6. The van der Waals surface area contributed by atoms with E-state index in [2.05, 4.69) is 17.0 Å². The van der Waals surface area contributed by atoms with Gasteiger partial charge < -0.3 is 5.11 Å². The first-order valence-electron chi connectivity index (χ1n) is 10.9. The molecule has 0 saturated carbocycles. The van der Waals surface area contributed by atoms with Gasteiger partial charge in [0.2, 0.25) is 0 Å². The first-order valence-corrected chi connectivity index (χ1v) is 10.9. The van der Waals surface area contributed by atoms with E-state index in [4.69, 9.17) is 0 Å². The summed E-state index contributed by atoms with van der Waals surface area (Å²) < 4.78 is 0. The van der Waals surface area contributed by atoms with Crippen molar-refractivity contribution in [1.29, 1.82) is 5.26 Å². The second kappa shape index (κ2) is 9.31. The minimum Gasteiger partial charge on any atom is -0.385 e. The highest BCUT2D eigenvalue weighted by Crippen LogP contribution is 2.34. The molecule has 1 fully saturated rings. The molecule has 0 aromatic heterocycles. The zero-order valence-corrected chi connectivity index (χ0v) is 17.7. The van der Waals surface area contributed by atoms with Gasteiger partial charge in [-0.2, -0.15) is 5.26 Å². The van der Waals surface area contributed by atoms with Crippen LogP contribution in [0.15, 0.2) is 103 Å². The molecular formula is C28H28N2O. The van der Waals surface area contributed by atoms with E-state index in [1.165, 1.54) is 0 Å². The number of nitrogens with zero attached hydrogens (tertiary/aromatic N) is 2. The number of allylic oxidation sites excluding steroid dienone is 1. The second-order valence-electron chi connectivity index (χ2n) is 8.25. The summed E-state index contributed by atoms with van der Waals surface area (Å²) in [5.74, 6) is 0. The van der Waals surface area contributed by atoms with Gasteiger partial charge in [0.1, 0.15) is 5.41 Å². The molecule has 0 radical (unpaired) electrons. The molecule has 4 rings (SSSR count). The van der Waals surface area contributed by atoms with E-state index in [0.29, 0.717) is 12.8 Å². The lowest BCUT2D eigenvalue weighted by atomic mass is 9.75. The van der Waals surface area contributed by atoms with Crippen LogP contribution in [0.1, 0.15) is 29.5 Å². The summed E-state index contributed by atoms with van der Waals surface area (Å²) in [6.07, 6.45) is 5.57. The Kier molecular flexibility index (Phi) is 6.32. The summed E-state index contributed by atoms with van der Waals surface area (Å²) in [7, 11) is 0. The van der Waals surface area contributed by atoms with Crippen molar-refractivity contribution >= 4 is 0 Å². The molecule has 0 spiro atoms. The number of likely N-dealkylation sites (tertiary alicyclic amines) is 1. The Morgan fingerprint density at radius 3 is 1.81 bits per heavy atom. The predicted octanol–water partition coefficient (Wildman–Crippen LogP) is 5.04. The van der Waals surface area contributed by atoms with Gasteiger partial charge in [-0.25, -0.2) is 0 Å². The molecule has 0 aliphatic carbocycles. The maximum atomic E-state index is 11.1. The monoisotopic (exact) mass is 408 g/mol. The standard InChI is InChI=1S/C28H28N2O/c29-23-27(24-11-4-1-5-12-24,25-13-6-2-7-14-25)17-10-20-30-21-18-28(31,19-22-30)26-15-8-3-9-16-26/h1-17,31H,18-22H2. The van der Waals surface area contributed by atoms with Gasteiger partial charge in [0, 0.05) is 19.6 Å². The molecule has 1 aliphatic heterocycles. The molecule has 3 aromatic rings. The highest BCUT2D eigenvalue weighted by molar-refractivity contribution is 5.51. The first-order chi connectivity index (χ1) is 15.2. The molecule has 0 atom stereocenters. The third-order valence-electron chi connectivity index (χ3n) is 6.36. The summed E-state index contributed by atoms with van der Waals surface area (Å²) in [6.45, 7) is 2.41. The third-order valence-corrected chi connectivity index (χ3v) is 6.36. The van der Waals surface area contributed by atoms with Crippen LogP contribution in [0.25, 0.3) is 0 Å². The fraction of sp³-hybridized carbons (Fsp3) is 0.250. The Morgan fingerprint density at radius 1 is 0.839 bits per heavy atom.